The smallest absolute Gasteiger partial charge is 0.245 e. The second-order valence-electron chi connectivity index (χ2n) is 5.91. The van der Waals surface area contributed by atoms with E-state index in [9.17, 15) is 9.59 Å². The molecule has 1 saturated heterocycles. The van der Waals surface area contributed by atoms with Gasteiger partial charge in [-0.1, -0.05) is 13.8 Å². The molecule has 0 aliphatic carbocycles. The summed E-state index contributed by atoms with van der Waals surface area (Å²) in [6, 6.07) is -0.417. The number of halogens is 1. The maximum atomic E-state index is 12.5. The maximum Gasteiger partial charge on any atom is 0.245 e. The quantitative estimate of drug-likeness (QED) is 0.885. The van der Waals surface area contributed by atoms with Crippen LogP contribution in [0.4, 0.5) is 0 Å². The number of carbonyl (C=O) groups is 2. The predicted molar refractivity (Wildman–Crippen MR) is 82.4 cm³/mol. The summed E-state index contributed by atoms with van der Waals surface area (Å²) < 4.78 is 2.64. The molecule has 1 aliphatic heterocycles. The van der Waals surface area contributed by atoms with Crippen molar-refractivity contribution >= 4 is 27.7 Å². The fourth-order valence-corrected chi connectivity index (χ4v) is 3.03. The lowest BCUT2D eigenvalue weighted by Gasteiger charge is -2.33. The molecule has 2 rings (SSSR count). The Morgan fingerprint density at radius 2 is 2.10 bits per heavy atom. The van der Waals surface area contributed by atoms with Crippen LogP contribution in [-0.4, -0.2) is 39.1 Å². The number of aryl methyl sites for hydroxylation is 2. The van der Waals surface area contributed by atoms with E-state index in [1.807, 2.05) is 27.8 Å². The van der Waals surface area contributed by atoms with E-state index < -0.39 is 6.04 Å². The van der Waals surface area contributed by atoms with Gasteiger partial charge in [-0.2, -0.15) is 5.10 Å². The monoisotopic (exact) mass is 356 g/mol. The molecule has 1 fully saturated rings. The molecule has 2 heterocycles. The van der Waals surface area contributed by atoms with Crippen molar-refractivity contribution in [1.82, 2.24) is 20.0 Å². The molecule has 1 unspecified atom stereocenters. The molecule has 21 heavy (non-hydrogen) atoms. The van der Waals surface area contributed by atoms with E-state index in [0.29, 0.717) is 18.9 Å². The molecule has 6 nitrogen and oxygen atoms in total. The van der Waals surface area contributed by atoms with Crippen LogP contribution in [-0.2, 0) is 23.2 Å². The van der Waals surface area contributed by atoms with E-state index in [1.165, 1.54) is 0 Å². The lowest BCUT2D eigenvalue weighted by atomic mass is 10.0. The lowest BCUT2D eigenvalue weighted by Crippen LogP contribution is -2.58. The van der Waals surface area contributed by atoms with E-state index >= 15 is 0 Å². The number of carbonyl (C=O) groups excluding carboxylic acids is 2. The van der Waals surface area contributed by atoms with Gasteiger partial charge in [0.05, 0.1) is 22.4 Å². The third kappa shape index (κ3) is 3.45. The molecular formula is C14H21BrN4O2. The molecule has 1 aliphatic rings. The Morgan fingerprint density at radius 1 is 1.43 bits per heavy atom. The van der Waals surface area contributed by atoms with Gasteiger partial charge in [-0.15, -0.1) is 0 Å². The summed E-state index contributed by atoms with van der Waals surface area (Å²) in [6.45, 7) is 6.47. The minimum absolute atomic E-state index is 0.0194. The highest BCUT2D eigenvalue weighted by Crippen LogP contribution is 2.23. The Kier molecular flexibility index (Phi) is 4.70. The molecule has 0 spiro atoms. The van der Waals surface area contributed by atoms with E-state index in [-0.39, 0.29) is 18.4 Å². The number of rotatable bonds is 4. The summed E-state index contributed by atoms with van der Waals surface area (Å²) in [5.74, 6) is 0.231. The first-order chi connectivity index (χ1) is 9.79. The molecule has 0 saturated carbocycles. The van der Waals surface area contributed by atoms with E-state index in [4.69, 9.17) is 0 Å². The molecule has 1 N–H and O–H groups in total. The van der Waals surface area contributed by atoms with E-state index in [0.717, 1.165) is 15.9 Å². The second kappa shape index (κ2) is 6.17. The molecule has 1 aromatic rings. The van der Waals surface area contributed by atoms with Gasteiger partial charge in [-0.3, -0.25) is 14.3 Å². The average molecular weight is 357 g/mol. The standard InChI is InChI=1S/C14H21BrN4O2/c1-8(2)5-10-14(21)19(7-12(20)16-10)6-11-13(15)9(3)17-18(11)4/h8,10H,5-7H2,1-4H3,(H,16,20). The predicted octanol–water partition coefficient (Wildman–Crippen LogP) is 1.36. The van der Waals surface area contributed by atoms with Crippen LogP contribution >= 0.6 is 15.9 Å². The highest BCUT2D eigenvalue weighted by Gasteiger charge is 2.33. The van der Waals surface area contributed by atoms with Gasteiger partial charge in [0.25, 0.3) is 0 Å². The zero-order valence-electron chi connectivity index (χ0n) is 12.8. The molecule has 7 heteroatoms. The molecule has 116 valence electrons. The molecule has 0 radical (unpaired) electrons. The Labute approximate surface area is 133 Å². The van der Waals surface area contributed by atoms with Crippen molar-refractivity contribution in [2.24, 2.45) is 13.0 Å². The summed E-state index contributed by atoms with van der Waals surface area (Å²) >= 11 is 3.50. The third-order valence-corrected chi connectivity index (χ3v) is 4.62. The fourth-order valence-electron chi connectivity index (χ4n) is 2.57. The van der Waals surface area contributed by atoms with Crippen LogP contribution in [0.5, 0.6) is 0 Å². The van der Waals surface area contributed by atoms with Crippen LogP contribution in [0.2, 0.25) is 0 Å². The van der Waals surface area contributed by atoms with Crippen molar-refractivity contribution in [2.75, 3.05) is 6.54 Å². The first kappa shape index (κ1) is 16.0. The number of hydrogen-bond acceptors (Lipinski definition) is 3. The van der Waals surface area contributed by atoms with Crippen LogP contribution in [0.15, 0.2) is 4.47 Å². The molecule has 1 aromatic heterocycles. The van der Waals surface area contributed by atoms with Crippen molar-refractivity contribution in [3.8, 4) is 0 Å². The van der Waals surface area contributed by atoms with Crippen LogP contribution in [0, 0.1) is 12.8 Å². The maximum absolute atomic E-state index is 12.5. The van der Waals surface area contributed by atoms with Gasteiger partial charge in [-0.25, -0.2) is 0 Å². The molecular weight excluding hydrogens is 336 g/mol. The van der Waals surface area contributed by atoms with Gasteiger partial charge in [-0.05, 0) is 35.2 Å². The summed E-state index contributed by atoms with van der Waals surface area (Å²) in [4.78, 5) is 25.9. The lowest BCUT2D eigenvalue weighted by molar-refractivity contribution is -0.145. The zero-order chi connectivity index (χ0) is 15.7. The topological polar surface area (TPSA) is 67.2 Å². The van der Waals surface area contributed by atoms with E-state index in [1.54, 1.807) is 9.58 Å². The Morgan fingerprint density at radius 3 is 2.62 bits per heavy atom. The summed E-state index contributed by atoms with van der Waals surface area (Å²) in [7, 11) is 1.84. The number of piperazine rings is 1. The van der Waals surface area contributed by atoms with Crippen LogP contribution in [0.1, 0.15) is 31.7 Å². The first-order valence-electron chi connectivity index (χ1n) is 7.05. The van der Waals surface area contributed by atoms with Crippen molar-refractivity contribution in [2.45, 2.75) is 39.8 Å². The van der Waals surface area contributed by atoms with Crippen LogP contribution in [0.25, 0.3) is 0 Å². The number of hydrogen-bond donors (Lipinski definition) is 1. The van der Waals surface area contributed by atoms with Crippen molar-refractivity contribution in [3.05, 3.63) is 15.9 Å². The molecule has 0 aromatic carbocycles. The normalized spacial score (nSPS) is 19.3. The van der Waals surface area contributed by atoms with Gasteiger partial charge in [0.1, 0.15) is 12.6 Å². The highest BCUT2D eigenvalue weighted by molar-refractivity contribution is 9.10. The number of nitrogens with one attached hydrogen (secondary N) is 1. The molecule has 1 atom stereocenters. The summed E-state index contributed by atoms with van der Waals surface area (Å²) in [5, 5.41) is 7.10. The average Bonchev–Trinajstić information content (AvgIpc) is 2.61. The largest absolute Gasteiger partial charge is 0.343 e. The Hall–Kier alpha value is -1.37. The minimum Gasteiger partial charge on any atom is -0.343 e. The van der Waals surface area contributed by atoms with Gasteiger partial charge in [0.2, 0.25) is 11.8 Å². The summed E-state index contributed by atoms with van der Waals surface area (Å²) in [5.41, 5.74) is 1.78. The zero-order valence-corrected chi connectivity index (χ0v) is 14.4. The van der Waals surface area contributed by atoms with Gasteiger partial charge in [0, 0.05) is 7.05 Å². The van der Waals surface area contributed by atoms with Crippen molar-refractivity contribution in [1.29, 1.82) is 0 Å². The minimum atomic E-state index is -0.417. The number of aromatic nitrogens is 2. The highest BCUT2D eigenvalue weighted by atomic mass is 79.9. The number of amides is 2. The second-order valence-corrected chi connectivity index (χ2v) is 6.71. The van der Waals surface area contributed by atoms with Crippen molar-refractivity contribution in [3.63, 3.8) is 0 Å². The first-order valence-corrected chi connectivity index (χ1v) is 7.85. The van der Waals surface area contributed by atoms with Crippen LogP contribution in [0.3, 0.4) is 0 Å². The van der Waals surface area contributed by atoms with Gasteiger partial charge >= 0.3 is 0 Å². The number of nitrogens with zero attached hydrogens (tertiary/aromatic N) is 3. The Balaban J connectivity index is 2.18. The van der Waals surface area contributed by atoms with Crippen molar-refractivity contribution < 1.29 is 9.59 Å². The van der Waals surface area contributed by atoms with E-state index in [2.05, 4.69) is 26.3 Å². The summed E-state index contributed by atoms with van der Waals surface area (Å²) in [6.07, 6.45) is 0.659. The SMILES string of the molecule is Cc1nn(C)c(CN2CC(=O)NC(CC(C)C)C2=O)c1Br. The Bertz CT molecular complexity index is 568. The van der Waals surface area contributed by atoms with Gasteiger partial charge in [0.15, 0.2) is 0 Å². The van der Waals surface area contributed by atoms with Gasteiger partial charge < -0.3 is 10.2 Å². The third-order valence-electron chi connectivity index (χ3n) is 3.59. The fraction of sp³-hybridized carbons (Fsp3) is 0.643. The van der Waals surface area contributed by atoms with Crippen LogP contribution < -0.4 is 5.32 Å². The molecule has 0 bridgehead atoms. The molecule has 2 amide bonds.